The van der Waals surface area contributed by atoms with E-state index in [2.05, 4.69) is 0 Å². The van der Waals surface area contributed by atoms with E-state index in [1.165, 1.54) is 0 Å². The lowest BCUT2D eigenvalue weighted by molar-refractivity contribution is -0.135. The quantitative estimate of drug-likeness (QED) is 0.844. The molecule has 2 aliphatic rings. The van der Waals surface area contributed by atoms with Crippen LogP contribution in [-0.4, -0.2) is 41.7 Å². The molecule has 1 aromatic rings. The van der Waals surface area contributed by atoms with Gasteiger partial charge in [0.1, 0.15) is 5.75 Å². The monoisotopic (exact) mass is 289 g/mol. The van der Waals surface area contributed by atoms with Gasteiger partial charge in [-0.1, -0.05) is 18.2 Å². The number of carbonyl (C=O) groups is 1. The first-order valence-electron chi connectivity index (χ1n) is 7.88. The fraction of sp³-hybridized carbons (Fsp3) is 0.588. The number of carbonyl (C=O) groups excluding carboxylic acids is 1. The molecule has 1 amide bonds. The Labute approximate surface area is 125 Å². The van der Waals surface area contributed by atoms with Gasteiger partial charge in [0.05, 0.1) is 12.7 Å². The van der Waals surface area contributed by atoms with Gasteiger partial charge < -0.3 is 14.7 Å². The number of benzene rings is 1. The summed E-state index contributed by atoms with van der Waals surface area (Å²) in [6.45, 7) is 2.03. The van der Waals surface area contributed by atoms with Crippen molar-refractivity contribution in [2.45, 2.75) is 31.8 Å². The number of nitrogens with zero attached hydrogens (tertiary/aromatic N) is 1. The van der Waals surface area contributed by atoms with E-state index in [9.17, 15) is 9.90 Å². The van der Waals surface area contributed by atoms with Crippen LogP contribution in [-0.2, 0) is 4.79 Å². The first kappa shape index (κ1) is 14.4. The van der Waals surface area contributed by atoms with E-state index in [1.807, 2.05) is 35.2 Å². The molecule has 0 radical (unpaired) electrons. The Morgan fingerprint density at radius 1 is 1.19 bits per heavy atom. The van der Waals surface area contributed by atoms with Gasteiger partial charge in [0.25, 0.3) is 0 Å². The maximum atomic E-state index is 12.2. The zero-order chi connectivity index (χ0) is 14.7. The molecule has 0 aromatic heterocycles. The van der Waals surface area contributed by atoms with Crippen molar-refractivity contribution in [3.05, 3.63) is 30.3 Å². The molecule has 2 bridgehead atoms. The third-order valence-electron chi connectivity index (χ3n) is 4.68. The van der Waals surface area contributed by atoms with E-state index in [-0.39, 0.29) is 12.0 Å². The minimum atomic E-state index is -0.185. The molecule has 4 nitrogen and oxygen atoms in total. The van der Waals surface area contributed by atoms with Gasteiger partial charge in [0.15, 0.2) is 0 Å². The summed E-state index contributed by atoms with van der Waals surface area (Å²) in [6.07, 6.45) is 3.21. The molecule has 3 rings (SSSR count). The lowest BCUT2D eigenvalue weighted by Gasteiger charge is -2.35. The summed E-state index contributed by atoms with van der Waals surface area (Å²) < 4.78 is 5.60. The van der Waals surface area contributed by atoms with Crippen LogP contribution in [0.25, 0.3) is 0 Å². The third-order valence-corrected chi connectivity index (χ3v) is 4.68. The van der Waals surface area contributed by atoms with Gasteiger partial charge in [-0.3, -0.25) is 4.79 Å². The number of rotatable bonds is 5. The average molecular weight is 289 g/mol. The molecular formula is C17H23NO3. The number of hydrogen-bond donors (Lipinski definition) is 1. The van der Waals surface area contributed by atoms with Crippen LogP contribution in [0.4, 0.5) is 0 Å². The topological polar surface area (TPSA) is 49.8 Å². The summed E-state index contributed by atoms with van der Waals surface area (Å²) in [5.41, 5.74) is 0. The van der Waals surface area contributed by atoms with Gasteiger partial charge in [-0.15, -0.1) is 0 Å². The van der Waals surface area contributed by atoms with Crippen LogP contribution in [0, 0.1) is 11.8 Å². The van der Waals surface area contributed by atoms with Gasteiger partial charge in [-0.05, 0) is 31.4 Å². The van der Waals surface area contributed by atoms with Crippen molar-refractivity contribution in [2.75, 3.05) is 19.7 Å². The van der Waals surface area contributed by atoms with Gasteiger partial charge in [0.2, 0.25) is 5.91 Å². The Morgan fingerprint density at radius 3 is 2.52 bits per heavy atom. The van der Waals surface area contributed by atoms with Crippen LogP contribution in [0.3, 0.4) is 0 Å². The van der Waals surface area contributed by atoms with E-state index < -0.39 is 0 Å². The first-order chi connectivity index (χ1) is 10.2. The second kappa shape index (κ2) is 6.48. The zero-order valence-electron chi connectivity index (χ0n) is 12.3. The maximum absolute atomic E-state index is 12.2. The minimum absolute atomic E-state index is 0.185. The molecule has 1 aliphatic carbocycles. The highest BCUT2D eigenvalue weighted by molar-refractivity contribution is 5.76. The molecule has 2 unspecified atom stereocenters. The Bertz CT molecular complexity index is 462. The Kier molecular flexibility index (Phi) is 4.44. The summed E-state index contributed by atoms with van der Waals surface area (Å²) in [4.78, 5) is 14.2. The minimum Gasteiger partial charge on any atom is -0.494 e. The number of hydrogen-bond acceptors (Lipinski definition) is 3. The van der Waals surface area contributed by atoms with Crippen molar-refractivity contribution in [1.82, 2.24) is 4.90 Å². The fourth-order valence-electron chi connectivity index (χ4n) is 3.49. The largest absolute Gasteiger partial charge is 0.494 e. The van der Waals surface area contributed by atoms with Crippen molar-refractivity contribution in [2.24, 2.45) is 11.8 Å². The van der Waals surface area contributed by atoms with E-state index >= 15 is 0 Å². The predicted octanol–water partition coefficient (Wildman–Crippen LogP) is 2.07. The van der Waals surface area contributed by atoms with Crippen molar-refractivity contribution < 1.29 is 14.6 Å². The van der Waals surface area contributed by atoms with Crippen molar-refractivity contribution >= 4 is 5.91 Å². The summed E-state index contributed by atoms with van der Waals surface area (Å²) in [5, 5.41) is 9.99. The number of piperidine rings is 1. The second-order valence-electron chi connectivity index (χ2n) is 6.15. The SMILES string of the molecule is O=C(CCCOc1ccccc1)N1CC2CCC(C1)C2O. The van der Waals surface area contributed by atoms with E-state index in [4.69, 9.17) is 4.74 Å². The Hall–Kier alpha value is -1.55. The van der Waals surface area contributed by atoms with Crippen LogP contribution in [0.5, 0.6) is 5.75 Å². The number of ether oxygens (including phenoxy) is 1. The van der Waals surface area contributed by atoms with Crippen LogP contribution >= 0.6 is 0 Å². The molecule has 2 atom stereocenters. The second-order valence-corrected chi connectivity index (χ2v) is 6.15. The zero-order valence-corrected chi connectivity index (χ0v) is 12.3. The number of aliphatic hydroxyl groups is 1. The highest BCUT2D eigenvalue weighted by Crippen LogP contribution is 2.36. The third kappa shape index (κ3) is 3.38. The molecule has 1 heterocycles. The summed E-state index contributed by atoms with van der Waals surface area (Å²) in [5.74, 6) is 1.65. The summed E-state index contributed by atoms with van der Waals surface area (Å²) in [7, 11) is 0. The van der Waals surface area contributed by atoms with E-state index in [0.717, 1.165) is 38.1 Å². The number of para-hydroxylation sites is 1. The van der Waals surface area contributed by atoms with Crippen LogP contribution in [0.15, 0.2) is 30.3 Å². The smallest absolute Gasteiger partial charge is 0.222 e. The van der Waals surface area contributed by atoms with Crippen LogP contribution in [0.2, 0.25) is 0 Å². The highest BCUT2D eigenvalue weighted by atomic mass is 16.5. The number of fused-ring (bicyclic) bond motifs is 2. The summed E-state index contributed by atoms with van der Waals surface area (Å²) in [6, 6.07) is 9.68. The molecule has 1 saturated carbocycles. The Balaban J connectivity index is 1.39. The van der Waals surface area contributed by atoms with E-state index in [1.54, 1.807) is 0 Å². The molecule has 21 heavy (non-hydrogen) atoms. The molecular weight excluding hydrogens is 266 g/mol. The summed E-state index contributed by atoms with van der Waals surface area (Å²) >= 11 is 0. The maximum Gasteiger partial charge on any atom is 0.222 e. The highest BCUT2D eigenvalue weighted by Gasteiger charge is 2.41. The van der Waals surface area contributed by atoms with Crippen molar-refractivity contribution in [1.29, 1.82) is 0 Å². The van der Waals surface area contributed by atoms with Crippen molar-refractivity contribution in [3.63, 3.8) is 0 Å². The predicted molar refractivity (Wildman–Crippen MR) is 80.0 cm³/mol. The molecule has 1 saturated heterocycles. The molecule has 2 fully saturated rings. The number of aliphatic hydroxyl groups excluding tert-OH is 1. The number of amides is 1. The lowest BCUT2D eigenvalue weighted by atomic mass is 9.95. The molecule has 1 aliphatic heterocycles. The first-order valence-corrected chi connectivity index (χ1v) is 7.88. The Morgan fingerprint density at radius 2 is 1.86 bits per heavy atom. The van der Waals surface area contributed by atoms with Gasteiger partial charge in [0, 0.05) is 31.3 Å². The van der Waals surface area contributed by atoms with Gasteiger partial charge in [-0.25, -0.2) is 0 Å². The van der Waals surface area contributed by atoms with Gasteiger partial charge >= 0.3 is 0 Å². The standard InChI is InChI=1S/C17H23NO3/c19-16(7-4-10-21-15-5-2-1-3-6-15)18-11-13-8-9-14(12-18)17(13)20/h1-3,5-6,13-14,17,20H,4,7-12H2. The molecule has 114 valence electrons. The van der Waals surface area contributed by atoms with Crippen LogP contribution < -0.4 is 4.74 Å². The lowest BCUT2D eigenvalue weighted by Crippen LogP contribution is -2.47. The van der Waals surface area contributed by atoms with Gasteiger partial charge in [-0.2, -0.15) is 0 Å². The molecule has 0 spiro atoms. The number of likely N-dealkylation sites (tertiary alicyclic amines) is 1. The average Bonchev–Trinajstić information content (AvgIpc) is 2.74. The normalized spacial score (nSPS) is 27.7. The van der Waals surface area contributed by atoms with Crippen LogP contribution in [0.1, 0.15) is 25.7 Å². The molecule has 1 aromatic carbocycles. The van der Waals surface area contributed by atoms with Crippen molar-refractivity contribution in [3.8, 4) is 5.75 Å². The fourth-order valence-corrected chi connectivity index (χ4v) is 3.49. The van der Waals surface area contributed by atoms with E-state index in [0.29, 0.717) is 24.9 Å². The molecule has 4 heteroatoms. The molecule has 1 N–H and O–H groups in total.